The molecule has 0 aliphatic heterocycles. The van der Waals surface area contributed by atoms with Crippen LogP contribution < -0.4 is 5.73 Å². The van der Waals surface area contributed by atoms with E-state index < -0.39 is 9.84 Å². The van der Waals surface area contributed by atoms with E-state index in [1.54, 1.807) is 0 Å². The second-order valence-corrected chi connectivity index (χ2v) is 8.53. The highest BCUT2D eigenvalue weighted by molar-refractivity contribution is 7.90. The van der Waals surface area contributed by atoms with Gasteiger partial charge in [-0.1, -0.05) is 44.5 Å². The molecule has 1 aromatic rings. The van der Waals surface area contributed by atoms with Gasteiger partial charge >= 0.3 is 0 Å². The monoisotopic (exact) mass is 297 g/mol. The number of benzene rings is 1. The van der Waals surface area contributed by atoms with Gasteiger partial charge < -0.3 is 5.73 Å². The van der Waals surface area contributed by atoms with Crippen LogP contribution in [0, 0.1) is 12.3 Å². The van der Waals surface area contributed by atoms with Crippen molar-refractivity contribution in [2.45, 2.75) is 45.8 Å². The van der Waals surface area contributed by atoms with Crippen LogP contribution in [0.2, 0.25) is 0 Å². The molecule has 0 radical (unpaired) electrons. The minimum Gasteiger partial charge on any atom is -0.330 e. The van der Waals surface area contributed by atoms with E-state index in [4.69, 9.17) is 5.73 Å². The van der Waals surface area contributed by atoms with E-state index in [2.05, 4.69) is 13.8 Å². The van der Waals surface area contributed by atoms with E-state index in [-0.39, 0.29) is 16.9 Å². The van der Waals surface area contributed by atoms with Gasteiger partial charge in [-0.25, -0.2) is 8.42 Å². The molecule has 0 aliphatic rings. The van der Waals surface area contributed by atoms with E-state index >= 15 is 0 Å². The zero-order chi connectivity index (χ0) is 15.2. The number of aryl methyl sites for hydroxylation is 1. The third-order valence-electron chi connectivity index (χ3n) is 3.75. The molecule has 4 heteroatoms. The highest BCUT2D eigenvalue weighted by Gasteiger charge is 2.17. The smallest absolute Gasteiger partial charge is 0.154 e. The van der Waals surface area contributed by atoms with E-state index in [9.17, 15) is 8.42 Å². The Kier molecular flexibility index (Phi) is 6.21. The quantitative estimate of drug-likeness (QED) is 0.750. The predicted octanol–water partition coefficient (Wildman–Crippen LogP) is 3.07. The molecule has 0 heterocycles. The summed E-state index contributed by atoms with van der Waals surface area (Å²) in [5.41, 5.74) is 7.74. The minimum absolute atomic E-state index is 0.111. The Morgan fingerprint density at radius 2 is 1.80 bits per heavy atom. The molecule has 0 unspecified atom stereocenters. The molecule has 1 aromatic carbocycles. The summed E-state index contributed by atoms with van der Waals surface area (Å²) in [5, 5.41) is 0. The highest BCUT2D eigenvalue weighted by Crippen LogP contribution is 2.22. The first-order chi connectivity index (χ1) is 9.26. The van der Waals surface area contributed by atoms with Crippen molar-refractivity contribution in [2.75, 3.05) is 12.3 Å². The first kappa shape index (κ1) is 17.2. The lowest BCUT2D eigenvalue weighted by molar-refractivity contribution is 0.335. The molecule has 0 bridgehead atoms. The van der Waals surface area contributed by atoms with Crippen molar-refractivity contribution >= 4 is 9.84 Å². The Hall–Kier alpha value is -0.870. The lowest BCUT2D eigenvalue weighted by Gasteiger charge is -2.21. The lowest BCUT2D eigenvalue weighted by atomic mass is 9.88. The van der Waals surface area contributed by atoms with Crippen LogP contribution in [-0.4, -0.2) is 20.7 Å². The third kappa shape index (κ3) is 6.06. The van der Waals surface area contributed by atoms with Gasteiger partial charge in [-0.15, -0.1) is 0 Å². The topological polar surface area (TPSA) is 60.2 Å². The zero-order valence-corrected chi connectivity index (χ0v) is 13.7. The fourth-order valence-electron chi connectivity index (χ4n) is 2.11. The molecule has 1 rings (SSSR count). The Bertz CT molecular complexity index is 521. The average molecular weight is 297 g/mol. The molecule has 0 spiro atoms. The summed E-state index contributed by atoms with van der Waals surface area (Å²) in [5.74, 6) is 0.419. The van der Waals surface area contributed by atoms with Crippen LogP contribution in [0.1, 0.15) is 44.2 Å². The van der Waals surface area contributed by atoms with E-state index in [1.807, 2.05) is 31.2 Å². The summed E-state index contributed by atoms with van der Waals surface area (Å²) in [6, 6.07) is 7.67. The van der Waals surface area contributed by atoms with Gasteiger partial charge in [0.2, 0.25) is 0 Å². The number of sulfone groups is 1. The largest absolute Gasteiger partial charge is 0.330 e. The summed E-state index contributed by atoms with van der Waals surface area (Å²) in [6.07, 6.45) is 2.61. The molecular formula is C16H27NO2S. The van der Waals surface area contributed by atoms with Gasteiger partial charge in [-0.05, 0) is 42.9 Å². The lowest BCUT2D eigenvalue weighted by Crippen LogP contribution is -2.23. The van der Waals surface area contributed by atoms with Crippen molar-refractivity contribution in [3.63, 3.8) is 0 Å². The van der Waals surface area contributed by atoms with Gasteiger partial charge in [0.15, 0.2) is 9.84 Å². The van der Waals surface area contributed by atoms with Gasteiger partial charge in [0.05, 0.1) is 11.5 Å². The maximum atomic E-state index is 12.1. The molecule has 0 saturated carbocycles. The van der Waals surface area contributed by atoms with Crippen LogP contribution in [0.4, 0.5) is 0 Å². The van der Waals surface area contributed by atoms with Crippen molar-refractivity contribution in [3.05, 3.63) is 35.4 Å². The third-order valence-corrected chi connectivity index (χ3v) is 5.41. The Labute approximate surface area is 123 Å². The first-order valence-corrected chi connectivity index (χ1v) is 9.03. The van der Waals surface area contributed by atoms with Gasteiger partial charge in [-0.2, -0.15) is 0 Å². The van der Waals surface area contributed by atoms with E-state index in [0.717, 1.165) is 30.4 Å². The number of rotatable bonds is 8. The number of hydrogen-bond acceptors (Lipinski definition) is 3. The molecule has 0 fully saturated rings. The van der Waals surface area contributed by atoms with E-state index in [1.165, 1.54) is 0 Å². The minimum atomic E-state index is -3.01. The predicted molar refractivity (Wildman–Crippen MR) is 85.4 cm³/mol. The molecule has 0 aromatic heterocycles. The van der Waals surface area contributed by atoms with Crippen LogP contribution >= 0.6 is 0 Å². The van der Waals surface area contributed by atoms with Crippen LogP contribution in [0.3, 0.4) is 0 Å². The normalized spacial score (nSPS) is 12.6. The van der Waals surface area contributed by atoms with Crippen molar-refractivity contribution in [1.29, 1.82) is 0 Å². The maximum Gasteiger partial charge on any atom is 0.154 e. The molecule has 2 N–H and O–H groups in total. The second-order valence-electron chi connectivity index (χ2n) is 6.34. The fourth-order valence-corrected chi connectivity index (χ4v) is 3.69. The zero-order valence-electron chi connectivity index (χ0n) is 12.9. The molecule has 3 nitrogen and oxygen atoms in total. The van der Waals surface area contributed by atoms with Gasteiger partial charge in [0.25, 0.3) is 0 Å². The Morgan fingerprint density at radius 3 is 2.40 bits per heavy atom. The molecule has 0 aliphatic carbocycles. The van der Waals surface area contributed by atoms with Crippen molar-refractivity contribution < 1.29 is 8.42 Å². The van der Waals surface area contributed by atoms with Crippen LogP contribution in [0.15, 0.2) is 24.3 Å². The number of hydrogen-bond donors (Lipinski definition) is 1. The maximum absolute atomic E-state index is 12.1. The average Bonchev–Trinajstić information content (AvgIpc) is 2.37. The summed E-state index contributed by atoms with van der Waals surface area (Å²) in [6.45, 7) is 6.83. The number of nitrogens with two attached hydrogens (primary N) is 1. The van der Waals surface area contributed by atoms with Crippen LogP contribution in [0.5, 0.6) is 0 Å². The standard InChI is InChI=1S/C16H27NO2S/c1-14-8-4-5-9-15(14)12-20(18,19)11-7-6-10-16(2,3)13-17/h4-5,8-9H,6-7,10-13,17H2,1-3H3. The Morgan fingerprint density at radius 1 is 1.15 bits per heavy atom. The van der Waals surface area contributed by atoms with Crippen molar-refractivity contribution in [1.82, 2.24) is 0 Å². The molecule has 0 amide bonds. The molecule has 114 valence electrons. The van der Waals surface area contributed by atoms with Gasteiger partial charge in [0, 0.05) is 0 Å². The molecule has 0 atom stereocenters. The van der Waals surface area contributed by atoms with Gasteiger partial charge in [-0.3, -0.25) is 0 Å². The van der Waals surface area contributed by atoms with Crippen LogP contribution in [0.25, 0.3) is 0 Å². The molecule has 0 saturated heterocycles. The summed E-state index contributed by atoms with van der Waals surface area (Å²) in [4.78, 5) is 0. The highest BCUT2D eigenvalue weighted by atomic mass is 32.2. The summed E-state index contributed by atoms with van der Waals surface area (Å²) >= 11 is 0. The SMILES string of the molecule is Cc1ccccc1CS(=O)(=O)CCCCC(C)(C)CN. The fraction of sp³-hybridized carbons (Fsp3) is 0.625. The molecular weight excluding hydrogens is 270 g/mol. The summed E-state index contributed by atoms with van der Waals surface area (Å²) < 4.78 is 24.2. The van der Waals surface area contributed by atoms with Crippen molar-refractivity contribution in [3.8, 4) is 0 Å². The van der Waals surface area contributed by atoms with Gasteiger partial charge in [0.1, 0.15) is 0 Å². The Balaban J connectivity index is 2.45. The van der Waals surface area contributed by atoms with Crippen molar-refractivity contribution in [2.24, 2.45) is 11.1 Å². The van der Waals surface area contributed by atoms with Crippen LogP contribution in [-0.2, 0) is 15.6 Å². The molecule has 20 heavy (non-hydrogen) atoms. The first-order valence-electron chi connectivity index (χ1n) is 7.21. The summed E-state index contributed by atoms with van der Waals surface area (Å²) in [7, 11) is -3.01. The number of unbranched alkanes of at least 4 members (excludes halogenated alkanes) is 1. The second kappa shape index (κ2) is 7.23. The van der Waals surface area contributed by atoms with E-state index in [0.29, 0.717) is 6.54 Å².